The molecule has 5 unspecified atom stereocenters. The van der Waals surface area contributed by atoms with Crippen LogP contribution in [0.15, 0.2) is 52.2 Å². The van der Waals surface area contributed by atoms with Crippen LogP contribution < -0.4 is 11.2 Å². The number of hydrogen-bond donors (Lipinski definition) is 2. The maximum absolute atomic E-state index is 12.0. The summed E-state index contributed by atoms with van der Waals surface area (Å²) in [7, 11) is 0. The van der Waals surface area contributed by atoms with Crippen molar-refractivity contribution in [2.24, 2.45) is 0 Å². The molecule has 2 fully saturated rings. The minimum Gasteiger partial charge on any atom is -0.388 e. The first-order valence-corrected chi connectivity index (χ1v) is 8.06. The summed E-state index contributed by atoms with van der Waals surface area (Å²) in [6.07, 6.45) is -1.28. The Hall–Kier alpha value is -2.26. The molecule has 8 heteroatoms. The second-order valence-corrected chi connectivity index (χ2v) is 6.12. The van der Waals surface area contributed by atoms with Gasteiger partial charge < -0.3 is 19.3 Å². The van der Waals surface area contributed by atoms with Gasteiger partial charge in [0.25, 0.3) is 5.56 Å². The van der Waals surface area contributed by atoms with E-state index in [1.807, 2.05) is 30.3 Å². The molecular weight excluding hydrogens is 328 g/mol. The highest BCUT2D eigenvalue weighted by atomic mass is 16.7. The molecule has 0 spiro atoms. The van der Waals surface area contributed by atoms with Crippen molar-refractivity contribution in [3.63, 3.8) is 0 Å². The smallest absolute Gasteiger partial charge is 0.328 e. The Morgan fingerprint density at radius 2 is 1.88 bits per heavy atom. The van der Waals surface area contributed by atoms with Crippen molar-refractivity contribution in [2.75, 3.05) is 13.2 Å². The molecule has 8 nitrogen and oxygen atoms in total. The molecule has 0 saturated carbocycles. The number of aromatic nitrogens is 2. The van der Waals surface area contributed by atoms with Gasteiger partial charge in [-0.2, -0.15) is 0 Å². The van der Waals surface area contributed by atoms with Crippen molar-refractivity contribution < 1.29 is 19.3 Å². The number of nitrogens with zero attached hydrogens (tertiary/aromatic N) is 1. The zero-order chi connectivity index (χ0) is 17.4. The summed E-state index contributed by atoms with van der Waals surface area (Å²) in [5, 5.41) is 10.8. The molecule has 2 saturated heterocycles. The maximum Gasteiger partial charge on any atom is 0.328 e. The van der Waals surface area contributed by atoms with E-state index < -0.39 is 41.9 Å². The van der Waals surface area contributed by atoms with Gasteiger partial charge in [0.2, 0.25) is 0 Å². The third-order valence-electron chi connectivity index (χ3n) is 4.55. The quantitative estimate of drug-likeness (QED) is 0.790. The Balaban J connectivity index is 1.58. The number of ether oxygens (including phenoxy) is 3. The number of aromatic amines is 1. The topological polar surface area (TPSA) is 103 Å². The second kappa shape index (κ2) is 6.57. The number of rotatable bonds is 2. The summed E-state index contributed by atoms with van der Waals surface area (Å²) in [5.41, 5.74) is -0.237. The average Bonchev–Trinajstić information content (AvgIpc) is 2.63. The highest BCUT2D eigenvalue weighted by molar-refractivity contribution is 5.16. The van der Waals surface area contributed by atoms with Gasteiger partial charge in [0.05, 0.1) is 19.3 Å². The molecule has 0 bridgehead atoms. The van der Waals surface area contributed by atoms with Crippen LogP contribution in [-0.4, -0.2) is 46.2 Å². The molecule has 1 aromatic heterocycles. The molecule has 5 atom stereocenters. The van der Waals surface area contributed by atoms with Gasteiger partial charge in [-0.25, -0.2) is 4.79 Å². The van der Waals surface area contributed by atoms with Gasteiger partial charge in [-0.05, 0) is 0 Å². The second-order valence-electron chi connectivity index (χ2n) is 6.12. The van der Waals surface area contributed by atoms with Crippen molar-refractivity contribution in [1.29, 1.82) is 0 Å². The van der Waals surface area contributed by atoms with Gasteiger partial charge in [-0.3, -0.25) is 14.3 Å². The predicted molar refractivity (Wildman–Crippen MR) is 86.1 cm³/mol. The molecule has 25 heavy (non-hydrogen) atoms. The Labute approximate surface area is 142 Å². The molecule has 132 valence electrons. The maximum atomic E-state index is 12.0. The van der Waals surface area contributed by atoms with Gasteiger partial charge in [0, 0.05) is 17.8 Å². The third kappa shape index (κ3) is 3.05. The molecule has 2 aliphatic rings. The molecule has 3 heterocycles. The van der Waals surface area contributed by atoms with E-state index in [4.69, 9.17) is 14.2 Å². The number of benzene rings is 1. The van der Waals surface area contributed by atoms with Crippen LogP contribution in [0.3, 0.4) is 0 Å². The first kappa shape index (κ1) is 16.2. The van der Waals surface area contributed by atoms with E-state index in [1.165, 1.54) is 16.8 Å². The van der Waals surface area contributed by atoms with Gasteiger partial charge in [-0.15, -0.1) is 0 Å². The predicted octanol–water partition coefficient (Wildman–Crippen LogP) is -0.0484. The fourth-order valence-electron chi connectivity index (χ4n) is 3.25. The molecule has 2 N–H and O–H groups in total. The highest BCUT2D eigenvalue weighted by Crippen LogP contribution is 2.34. The highest BCUT2D eigenvalue weighted by Gasteiger charge is 2.45. The van der Waals surface area contributed by atoms with E-state index in [9.17, 15) is 14.7 Å². The lowest BCUT2D eigenvalue weighted by molar-refractivity contribution is -0.306. The normalized spacial score (nSPS) is 32.1. The number of aliphatic hydroxyl groups is 1. The molecule has 0 radical (unpaired) electrons. The molecule has 0 amide bonds. The molecule has 2 aliphatic heterocycles. The Kier molecular flexibility index (Phi) is 4.26. The standard InChI is InChI=1S/C17H18N2O6/c20-13-6-7-19(17(22)18-13)11-8-23-12-9-24-16(25-15(12)14(11)21)10-4-2-1-3-5-10/h1-7,11-12,14-16,21H,8-9H2,(H,18,20,22). The van der Waals surface area contributed by atoms with Crippen molar-refractivity contribution in [2.45, 2.75) is 30.6 Å². The van der Waals surface area contributed by atoms with Crippen LogP contribution in [0.25, 0.3) is 0 Å². The average molecular weight is 346 g/mol. The third-order valence-corrected chi connectivity index (χ3v) is 4.55. The van der Waals surface area contributed by atoms with Crippen LogP contribution in [0.1, 0.15) is 17.9 Å². The monoisotopic (exact) mass is 346 g/mol. The van der Waals surface area contributed by atoms with E-state index in [1.54, 1.807) is 0 Å². The molecule has 2 aromatic rings. The number of fused-ring (bicyclic) bond motifs is 1. The number of nitrogens with one attached hydrogen (secondary N) is 1. The summed E-state index contributed by atoms with van der Waals surface area (Å²) in [4.78, 5) is 25.4. The van der Waals surface area contributed by atoms with Crippen LogP contribution in [0.5, 0.6) is 0 Å². The zero-order valence-corrected chi connectivity index (χ0v) is 13.3. The van der Waals surface area contributed by atoms with Crippen molar-refractivity contribution >= 4 is 0 Å². The Bertz CT molecular complexity index is 848. The Morgan fingerprint density at radius 1 is 1.08 bits per heavy atom. The van der Waals surface area contributed by atoms with Gasteiger partial charge in [-0.1, -0.05) is 30.3 Å². The largest absolute Gasteiger partial charge is 0.388 e. The summed E-state index contributed by atoms with van der Waals surface area (Å²) in [6.45, 7) is 0.408. The van der Waals surface area contributed by atoms with Crippen LogP contribution in [-0.2, 0) is 14.2 Å². The fraction of sp³-hybridized carbons (Fsp3) is 0.412. The fourth-order valence-corrected chi connectivity index (χ4v) is 3.25. The van der Waals surface area contributed by atoms with Crippen LogP contribution in [0, 0.1) is 0 Å². The minimum absolute atomic E-state index is 0.122. The number of hydrogen-bond acceptors (Lipinski definition) is 6. The molecule has 1 aromatic carbocycles. The first-order valence-electron chi connectivity index (χ1n) is 8.06. The summed E-state index contributed by atoms with van der Waals surface area (Å²) < 4.78 is 18.6. The first-order chi connectivity index (χ1) is 12.1. The molecular formula is C17H18N2O6. The lowest BCUT2D eigenvalue weighted by atomic mass is 9.97. The van der Waals surface area contributed by atoms with Crippen LogP contribution in [0.4, 0.5) is 0 Å². The molecule has 4 rings (SSSR count). The minimum atomic E-state index is -0.975. The number of H-pyrrole nitrogens is 1. The van der Waals surface area contributed by atoms with Gasteiger partial charge in [0.1, 0.15) is 18.3 Å². The summed E-state index contributed by atoms with van der Waals surface area (Å²) in [6, 6.07) is 10.00. The van der Waals surface area contributed by atoms with Crippen molar-refractivity contribution in [3.8, 4) is 0 Å². The van der Waals surface area contributed by atoms with Crippen molar-refractivity contribution in [1.82, 2.24) is 9.55 Å². The van der Waals surface area contributed by atoms with E-state index in [0.717, 1.165) is 5.56 Å². The molecule has 0 aliphatic carbocycles. The van der Waals surface area contributed by atoms with E-state index in [-0.39, 0.29) is 13.2 Å². The lowest BCUT2D eigenvalue weighted by Gasteiger charge is -2.44. The van der Waals surface area contributed by atoms with E-state index in [2.05, 4.69) is 4.98 Å². The van der Waals surface area contributed by atoms with Gasteiger partial charge >= 0.3 is 5.69 Å². The van der Waals surface area contributed by atoms with Crippen LogP contribution in [0.2, 0.25) is 0 Å². The summed E-state index contributed by atoms with van der Waals surface area (Å²) in [5.74, 6) is 0. The van der Waals surface area contributed by atoms with Gasteiger partial charge in [0.15, 0.2) is 6.29 Å². The van der Waals surface area contributed by atoms with E-state index in [0.29, 0.717) is 0 Å². The van der Waals surface area contributed by atoms with E-state index >= 15 is 0 Å². The van der Waals surface area contributed by atoms with Crippen LogP contribution >= 0.6 is 0 Å². The van der Waals surface area contributed by atoms with Crippen molar-refractivity contribution in [3.05, 3.63) is 69.0 Å². The SMILES string of the molecule is O=c1ccn(C2COC3COC(c4ccccc4)OC3C2O)c(=O)[nH]1. The number of aliphatic hydroxyl groups excluding tert-OH is 1. The summed E-state index contributed by atoms with van der Waals surface area (Å²) >= 11 is 0. The lowest BCUT2D eigenvalue weighted by Crippen LogP contribution is -2.57. The Morgan fingerprint density at radius 3 is 2.64 bits per heavy atom. The zero-order valence-electron chi connectivity index (χ0n) is 13.3.